The summed E-state index contributed by atoms with van der Waals surface area (Å²) < 4.78 is 10.9. The molecule has 0 saturated carbocycles. The third-order valence-corrected chi connectivity index (χ3v) is 2.63. The molecule has 1 aliphatic heterocycles. The van der Waals surface area contributed by atoms with E-state index in [4.69, 9.17) is 9.15 Å². The van der Waals surface area contributed by atoms with Gasteiger partial charge in [0.15, 0.2) is 5.89 Å². The van der Waals surface area contributed by atoms with Gasteiger partial charge in [0.05, 0.1) is 13.2 Å². The first-order valence-corrected chi connectivity index (χ1v) is 5.43. The van der Waals surface area contributed by atoms with Gasteiger partial charge in [0.25, 0.3) is 0 Å². The lowest BCUT2D eigenvalue weighted by atomic mass is 10.2. The molecule has 1 N–H and O–H groups in total. The Morgan fingerprint density at radius 3 is 3.31 bits per heavy atom. The lowest BCUT2D eigenvalue weighted by Crippen LogP contribution is -2.42. The van der Waals surface area contributed by atoms with Crippen LogP contribution < -0.4 is 5.32 Å². The van der Waals surface area contributed by atoms with Crippen LogP contribution in [0.15, 0.2) is 22.7 Å². The minimum absolute atomic E-state index is 0.293. The second-order valence-electron chi connectivity index (χ2n) is 3.87. The molecule has 5 nitrogen and oxygen atoms in total. The van der Waals surface area contributed by atoms with Gasteiger partial charge in [-0.1, -0.05) is 0 Å². The van der Waals surface area contributed by atoms with Gasteiger partial charge >= 0.3 is 0 Å². The SMILES string of the molecule is c1cnc2oc(CC3COCCN3)nc2c1. The zero-order chi connectivity index (χ0) is 10.8. The molecule has 1 unspecified atom stereocenters. The number of oxazole rings is 1. The minimum atomic E-state index is 0.293. The van der Waals surface area contributed by atoms with E-state index in [1.165, 1.54) is 0 Å². The number of fused-ring (bicyclic) bond motifs is 1. The molecular formula is C11H13N3O2. The number of nitrogens with one attached hydrogen (secondary N) is 1. The Morgan fingerprint density at radius 2 is 2.50 bits per heavy atom. The van der Waals surface area contributed by atoms with Crippen molar-refractivity contribution in [1.29, 1.82) is 0 Å². The largest absolute Gasteiger partial charge is 0.422 e. The van der Waals surface area contributed by atoms with Crippen LogP contribution in [0.2, 0.25) is 0 Å². The lowest BCUT2D eigenvalue weighted by molar-refractivity contribution is 0.0750. The normalized spacial score (nSPS) is 21.4. The van der Waals surface area contributed by atoms with Gasteiger partial charge in [0.1, 0.15) is 5.52 Å². The first-order valence-electron chi connectivity index (χ1n) is 5.43. The van der Waals surface area contributed by atoms with E-state index in [1.807, 2.05) is 12.1 Å². The van der Waals surface area contributed by atoms with E-state index in [0.717, 1.165) is 31.0 Å². The third-order valence-electron chi connectivity index (χ3n) is 2.63. The van der Waals surface area contributed by atoms with E-state index in [0.29, 0.717) is 18.4 Å². The molecular weight excluding hydrogens is 206 g/mol. The van der Waals surface area contributed by atoms with Gasteiger partial charge in [-0.25, -0.2) is 9.97 Å². The van der Waals surface area contributed by atoms with Crippen LogP contribution in [-0.4, -0.2) is 35.8 Å². The standard InChI is InChI=1S/C11H13N3O2/c1-2-9-11(13-3-1)16-10(14-9)6-8-7-15-5-4-12-8/h1-3,8,12H,4-7H2. The molecule has 2 aromatic heterocycles. The van der Waals surface area contributed by atoms with Crippen molar-refractivity contribution in [3.63, 3.8) is 0 Å². The smallest absolute Gasteiger partial charge is 0.246 e. The van der Waals surface area contributed by atoms with E-state index in [9.17, 15) is 0 Å². The maximum absolute atomic E-state index is 5.55. The van der Waals surface area contributed by atoms with Crippen LogP contribution in [0.3, 0.4) is 0 Å². The van der Waals surface area contributed by atoms with Gasteiger partial charge in [0, 0.05) is 25.2 Å². The van der Waals surface area contributed by atoms with Crippen molar-refractivity contribution in [2.75, 3.05) is 19.8 Å². The Balaban J connectivity index is 1.78. The predicted molar refractivity (Wildman–Crippen MR) is 58.1 cm³/mol. The minimum Gasteiger partial charge on any atom is -0.422 e. The zero-order valence-corrected chi connectivity index (χ0v) is 8.85. The van der Waals surface area contributed by atoms with Gasteiger partial charge in [-0.3, -0.25) is 0 Å². The van der Waals surface area contributed by atoms with Crippen LogP contribution in [0.5, 0.6) is 0 Å². The van der Waals surface area contributed by atoms with Crippen LogP contribution in [0, 0.1) is 0 Å². The monoisotopic (exact) mass is 219 g/mol. The number of aromatic nitrogens is 2. The zero-order valence-electron chi connectivity index (χ0n) is 8.85. The molecule has 0 radical (unpaired) electrons. The summed E-state index contributed by atoms with van der Waals surface area (Å²) in [6.07, 6.45) is 2.45. The average molecular weight is 219 g/mol. The molecule has 0 aromatic carbocycles. The highest BCUT2D eigenvalue weighted by Gasteiger charge is 2.16. The third kappa shape index (κ3) is 1.91. The van der Waals surface area contributed by atoms with Crippen molar-refractivity contribution in [3.05, 3.63) is 24.2 Å². The van der Waals surface area contributed by atoms with Crippen LogP contribution in [0.1, 0.15) is 5.89 Å². The van der Waals surface area contributed by atoms with Crippen molar-refractivity contribution in [2.24, 2.45) is 0 Å². The Bertz CT molecular complexity index is 444. The molecule has 16 heavy (non-hydrogen) atoms. The topological polar surface area (TPSA) is 60.2 Å². The fourth-order valence-corrected chi connectivity index (χ4v) is 1.86. The maximum Gasteiger partial charge on any atom is 0.246 e. The number of hydrogen-bond donors (Lipinski definition) is 1. The van der Waals surface area contributed by atoms with Gasteiger partial charge < -0.3 is 14.5 Å². The number of hydrogen-bond acceptors (Lipinski definition) is 5. The molecule has 2 aromatic rings. The fraction of sp³-hybridized carbons (Fsp3) is 0.455. The Labute approximate surface area is 92.8 Å². The molecule has 1 fully saturated rings. The number of rotatable bonds is 2. The van der Waals surface area contributed by atoms with Gasteiger partial charge in [-0.2, -0.15) is 0 Å². The fourth-order valence-electron chi connectivity index (χ4n) is 1.86. The molecule has 1 atom stereocenters. The number of ether oxygens (including phenoxy) is 1. The molecule has 84 valence electrons. The molecule has 1 saturated heterocycles. The van der Waals surface area contributed by atoms with Crippen LogP contribution in [-0.2, 0) is 11.2 Å². The van der Waals surface area contributed by atoms with Gasteiger partial charge in [-0.15, -0.1) is 0 Å². The summed E-state index contributed by atoms with van der Waals surface area (Å²) in [4.78, 5) is 8.50. The van der Waals surface area contributed by atoms with Crippen LogP contribution >= 0.6 is 0 Å². The highest BCUT2D eigenvalue weighted by molar-refractivity contribution is 5.67. The highest BCUT2D eigenvalue weighted by Crippen LogP contribution is 2.13. The molecule has 0 spiro atoms. The van der Waals surface area contributed by atoms with Gasteiger partial charge in [0.2, 0.25) is 5.71 Å². The first kappa shape index (κ1) is 9.74. The summed E-state index contributed by atoms with van der Waals surface area (Å²) in [5.41, 5.74) is 1.42. The number of nitrogens with zero attached hydrogens (tertiary/aromatic N) is 2. The van der Waals surface area contributed by atoms with Crippen molar-refractivity contribution >= 4 is 11.2 Å². The second-order valence-corrected chi connectivity index (χ2v) is 3.87. The summed E-state index contributed by atoms with van der Waals surface area (Å²) in [5, 5.41) is 3.37. The average Bonchev–Trinajstić information content (AvgIpc) is 2.72. The predicted octanol–water partition coefficient (Wildman–Crippen LogP) is 0.754. The molecule has 3 heterocycles. The Hall–Kier alpha value is -1.46. The molecule has 0 amide bonds. The molecule has 1 aliphatic rings. The molecule has 0 aliphatic carbocycles. The number of morpholine rings is 1. The lowest BCUT2D eigenvalue weighted by Gasteiger charge is -2.22. The number of pyridine rings is 1. The molecule has 3 rings (SSSR count). The van der Waals surface area contributed by atoms with Crippen molar-refractivity contribution < 1.29 is 9.15 Å². The summed E-state index contributed by atoms with van der Waals surface area (Å²) in [6, 6.07) is 4.05. The van der Waals surface area contributed by atoms with Crippen molar-refractivity contribution in [3.8, 4) is 0 Å². The molecule has 0 bridgehead atoms. The highest BCUT2D eigenvalue weighted by atomic mass is 16.5. The van der Waals surface area contributed by atoms with E-state index >= 15 is 0 Å². The second kappa shape index (κ2) is 4.19. The van der Waals surface area contributed by atoms with Crippen molar-refractivity contribution in [2.45, 2.75) is 12.5 Å². The Morgan fingerprint density at radius 1 is 1.50 bits per heavy atom. The molecule has 5 heteroatoms. The Kier molecular flexibility index (Phi) is 2.55. The summed E-state index contributed by atoms with van der Waals surface area (Å²) in [5.74, 6) is 0.719. The summed E-state index contributed by atoms with van der Waals surface area (Å²) in [7, 11) is 0. The van der Waals surface area contributed by atoms with E-state index in [2.05, 4.69) is 15.3 Å². The first-order chi connectivity index (χ1) is 7.92. The van der Waals surface area contributed by atoms with Crippen molar-refractivity contribution in [1.82, 2.24) is 15.3 Å². The van der Waals surface area contributed by atoms with Gasteiger partial charge in [-0.05, 0) is 12.1 Å². The van der Waals surface area contributed by atoms with E-state index < -0.39 is 0 Å². The summed E-state index contributed by atoms with van der Waals surface area (Å²) in [6.45, 7) is 2.39. The van der Waals surface area contributed by atoms with Crippen LogP contribution in [0.25, 0.3) is 11.2 Å². The quantitative estimate of drug-likeness (QED) is 0.807. The van der Waals surface area contributed by atoms with Crippen LogP contribution in [0.4, 0.5) is 0 Å². The summed E-state index contributed by atoms with van der Waals surface area (Å²) >= 11 is 0. The van der Waals surface area contributed by atoms with E-state index in [1.54, 1.807) is 6.20 Å². The maximum atomic E-state index is 5.55. The van der Waals surface area contributed by atoms with E-state index in [-0.39, 0.29) is 0 Å².